The van der Waals surface area contributed by atoms with Crippen LogP contribution >= 0.6 is 0 Å². The average molecular weight is 359 g/mol. The topological polar surface area (TPSA) is 71.1 Å². The normalized spacial score (nSPS) is 10.3. The van der Waals surface area contributed by atoms with Crippen LogP contribution in [-0.4, -0.2) is 16.8 Å². The first-order chi connectivity index (χ1) is 13.0. The van der Waals surface area contributed by atoms with Gasteiger partial charge in [-0.1, -0.05) is 42.0 Å². The third-order valence-electron chi connectivity index (χ3n) is 4.26. The Hall–Kier alpha value is -3.47. The highest BCUT2D eigenvalue weighted by Gasteiger charge is 2.12. The Balaban J connectivity index is 1.67. The zero-order chi connectivity index (χ0) is 19.2. The van der Waals surface area contributed by atoms with Crippen LogP contribution in [0.2, 0.25) is 0 Å². The number of hydrogen-bond donors (Lipinski definition) is 2. The Morgan fingerprint density at radius 2 is 1.67 bits per heavy atom. The van der Waals surface area contributed by atoms with E-state index in [4.69, 9.17) is 0 Å². The second kappa shape index (κ2) is 8.27. The molecule has 2 aromatic carbocycles. The Morgan fingerprint density at radius 3 is 2.41 bits per heavy atom. The molecule has 136 valence electrons. The van der Waals surface area contributed by atoms with Gasteiger partial charge in [-0.25, -0.2) is 0 Å². The zero-order valence-corrected chi connectivity index (χ0v) is 15.3. The van der Waals surface area contributed by atoms with Gasteiger partial charge in [0.05, 0.1) is 0 Å². The van der Waals surface area contributed by atoms with E-state index in [0.717, 1.165) is 16.7 Å². The number of rotatable bonds is 5. The number of aromatic nitrogens is 1. The third-order valence-corrected chi connectivity index (χ3v) is 4.26. The Labute approximate surface area is 158 Å². The first kappa shape index (κ1) is 18.3. The smallest absolute Gasteiger partial charge is 0.270 e. The summed E-state index contributed by atoms with van der Waals surface area (Å²) in [6, 6.07) is 18.5. The predicted octanol–water partition coefficient (Wildman–Crippen LogP) is 3.88. The second-order valence-corrected chi connectivity index (χ2v) is 6.36. The third kappa shape index (κ3) is 4.79. The van der Waals surface area contributed by atoms with E-state index in [1.165, 1.54) is 12.3 Å². The Kier molecular flexibility index (Phi) is 5.61. The molecule has 0 bridgehead atoms. The van der Waals surface area contributed by atoms with E-state index in [2.05, 4.69) is 15.6 Å². The highest BCUT2D eigenvalue weighted by atomic mass is 16.2. The number of amides is 2. The summed E-state index contributed by atoms with van der Waals surface area (Å²) in [6.07, 6.45) is 1.47. The van der Waals surface area contributed by atoms with Gasteiger partial charge in [-0.2, -0.15) is 0 Å². The number of nitrogens with zero attached hydrogens (tertiary/aromatic N) is 1. The standard InChI is InChI=1S/C22H21N3O2/c1-15-7-9-19(10-8-15)25-21(26)17-11-12-23-20(13-17)22(27)24-14-18-6-4-3-5-16(18)2/h3-13H,14H2,1-2H3,(H,24,27)(H,25,26). The van der Waals surface area contributed by atoms with Gasteiger partial charge in [0.2, 0.25) is 0 Å². The molecule has 0 aliphatic rings. The summed E-state index contributed by atoms with van der Waals surface area (Å²) in [5.74, 6) is -0.600. The molecule has 0 saturated heterocycles. The van der Waals surface area contributed by atoms with Crippen molar-refractivity contribution in [1.82, 2.24) is 10.3 Å². The van der Waals surface area contributed by atoms with Crippen LogP contribution in [0.4, 0.5) is 5.69 Å². The molecule has 0 unspecified atom stereocenters. The molecule has 5 heteroatoms. The van der Waals surface area contributed by atoms with Gasteiger partial charge in [0.15, 0.2) is 0 Å². The van der Waals surface area contributed by atoms with E-state index in [9.17, 15) is 9.59 Å². The average Bonchev–Trinajstić information content (AvgIpc) is 2.69. The van der Waals surface area contributed by atoms with Crippen LogP contribution in [0, 0.1) is 13.8 Å². The van der Waals surface area contributed by atoms with Crippen LogP contribution in [-0.2, 0) is 6.54 Å². The van der Waals surface area contributed by atoms with Crippen molar-refractivity contribution in [1.29, 1.82) is 0 Å². The molecule has 0 fully saturated rings. The maximum absolute atomic E-state index is 12.4. The van der Waals surface area contributed by atoms with Crippen molar-refractivity contribution in [3.05, 3.63) is 94.8 Å². The monoisotopic (exact) mass is 359 g/mol. The minimum atomic E-state index is -0.316. The summed E-state index contributed by atoms with van der Waals surface area (Å²) in [6.45, 7) is 4.39. The minimum Gasteiger partial charge on any atom is -0.347 e. The first-order valence-corrected chi connectivity index (χ1v) is 8.70. The van der Waals surface area contributed by atoms with E-state index in [0.29, 0.717) is 17.8 Å². The molecule has 27 heavy (non-hydrogen) atoms. The molecule has 1 aromatic heterocycles. The van der Waals surface area contributed by atoms with Crippen LogP contribution in [0.3, 0.4) is 0 Å². The maximum atomic E-state index is 12.4. The van der Waals surface area contributed by atoms with Crippen molar-refractivity contribution >= 4 is 17.5 Å². The Morgan fingerprint density at radius 1 is 0.926 bits per heavy atom. The van der Waals surface area contributed by atoms with Gasteiger partial charge < -0.3 is 10.6 Å². The largest absolute Gasteiger partial charge is 0.347 e. The molecule has 0 atom stereocenters. The zero-order valence-electron chi connectivity index (χ0n) is 15.3. The van der Waals surface area contributed by atoms with E-state index >= 15 is 0 Å². The lowest BCUT2D eigenvalue weighted by molar-refractivity contribution is 0.0946. The fourth-order valence-corrected chi connectivity index (χ4v) is 2.61. The minimum absolute atomic E-state index is 0.208. The van der Waals surface area contributed by atoms with E-state index in [-0.39, 0.29) is 17.5 Å². The van der Waals surface area contributed by atoms with Gasteiger partial charge in [-0.05, 0) is 49.2 Å². The second-order valence-electron chi connectivity index (χ2n) is 6.36. The number of aryl methyl sites for hydroxylation is 2. The number of carbonyl (C=O) groups is 2. The number of benzene rings is 2. The summed E-state index contributed by atoms with van der Waals surface area (Å²) in [7, 11) is 0. The van der Waals surface area contributed by atoms with Gasteiger partial charge in [0.25, 0.3) is 11.8 Å². The highest BCUT2D eigenvalue weighted by molar-refractivity contribution is 6.05. The molecule has 3 rings (SSSR count). The number of hydrogen-bond acceptors (Lipinski definition) is 3. The van der Waals surface area contributed by atoms with E-state index in [1.807, 2.05) is 62.4 Å². The lowest BCUT2D eigenvalue weighted by Gasteiger charge is -2.09. The molecule has 2 amide bonds. The first-order valence-electron chi connectivity index (χ1n) is 8.70. The van der Waals surface area contributed by atoms with Gasteiger partial charge in [0, 0.05) is 24.0 Å². The summed E-state index contributed by atoms with van der Waals surface area (Å²) in [5, 5.41) is 5.66. The molecule has 0 aliphatic carbocycles. The molecule has 3 aromatic rings. The molecule has 1 heterocycles. The molecule has 0 spiro atoms. The van der Waals surface area contributed by atoms with Crippen LogP contribution in [0.15, 0.2) is 66.9 Å². The summed E-state index contributed by atoms with van der Waals surface area (Å²) in [5.41, 5.74) is 4.56. The molecule has 0 saturated carbocycles. The number of nitrogens with one attached hydrogen (secondary N) is 2. The van der Waals surface area contributed by atoms with Crippen molar-refractivity contribution in [3.63, 3.8) is 0 Å². The molecule has 0 radical (unpaired) electrons. The summed E-state index contributed by atoms with van der Waals surface area (Å²) >= 11 is 0. The van der Waals surface area contributed by atoms with Crippen LogP contribution in [0.5, 0.6) is 0 Å². The highest BCUT2D eigenvalue weighted by Crippen LogP contribution is 2.12. The summed E-state index contributed by atoms with van der Waals surface area (Å²) < 4.78 is 0. The molecule has 2 N–H and O–H groups in total. The van der Waals surface area contributed by atoms with Crippen LogP contribution < -0.4 is 10.6 Å². The number of anilines is 1. The Bertz CT molecular complexity index is 965. The van der Waals surface area contributed by atoms with Gasteiger partial charge >= 0.3 is 0 Å². The maximum Gasteiger partial charge on any atom is 0.270 e. The van der Waals surface area contributed by atoms with Crippen molar-refractivity contribution in [2.75, 3.05) is 5.32 Å². The van der Waals surface area contributed by atoms with E-state index < -0.39 is 0 Å². The van der Waals surface area contributed by atoms with Crippen molar-refractivity contribution in [2.24, 2.45) is 0 Å². The van der Waals surface area contributed by atoms with Crippen LogP contribution in [0.1, 0.15) is 37.5 Å². The quantitative estimate of drug-likeness (QED) is 0.726. The molecule has 5 nitrogen and oxygen atoms in total. The summed E-state index contributed by atoms with van der Waals surface area (Å²) in [4.78, 5) is 28.9. The predicted molar refractivity (Wildman–Crippen MR) is 106 cm³/mol. The van der Waals surface area contributed by atoms with Crippen molar-refractivity contribution in [3.8, 4) is 0 Å². The van der Waals surface area contributed by atoms with Gasteiger partial charge in [-0.15, -0.1) is 0 Å². The van der Waals surface area contributed by atoms with E-state index in [1.54, 1.807) is 6.07 Å². The van der Waals surface area contributed by atoms with Gasteiger partial charge in [0.1, 0.15) is 5.69 Å². The fourth-order valence-electron chi connectivity index (χ4n) is 2.61. The molecular formula is C22H21N3O2. The van der Waals surface area contributed by atoms with Crippen LogP contribution in [0.25, 0.3) is 0 Å². The molecule has 0 aliphatic heterocycles. The lowest BCUT2D eigenvalue weighted by atomic mass is 10.1. The van der Waals surface area contributed by atoms with Gasteiger partial charge in [-0.3, -0.25) is 14.6 Å². The SMILES string of the molecule is Cc1ccc(NC(=O)c2ccnc(C(=O)NCc3ccccc3C)c2)cc1. The fraction of sp³-hybridized carbons (Fsp3) is 0.136. The van der Waals surface area contributed by atoms with Crippen molar-refractivity contribution < 1.29 is 9.59 Å². The lowest BCUT2D eigenvalue weighted by Crippen LogP contribution is -2.24. The number of pyridine rings is 1. The molecular weight excluding hydrogens is 338 g/mol. The van der Waals surface area contributed by atoms with Crippen molar-refractivity contribution in [2.45, 2.75) is 20.4 Å². The number of carbonyl (C=O) groups excluding carboxylic acids is 2.